The molecule has 0 saturated carbocycles. The smallest absolute Gasteiger partial charge is 0.0449 e. The quantitative estimate of drug-likeness (QED) is 0.767. The van der Waals surface area contributed by atoms with Crippen LogP contribution in [0.15, 0.2) is 13.2 Å². The van der Waals surface area contributed by atoms with Gasteiger partial charge < -0.3 is 5.32 Å². The Bertz CT molecular complexity index is 387. The van der Waals surface area contributed by atoms with Crippen molar-refractivity contribution in [3.63, 3.8) is 0 Å². The van der Waals surface area contributed by atoms with Gasteiger partial charge in [0.1, 0.15) is 0 Å². The number of rotatable bonds is 4. The van der Waals surface area contributed by atoms with Crippen LogP contribution >= 0.6 is 0 Å². The summed E-state index contributed by atoms with van der Waals surface area (Å²) < 4.78 is 0. The zero-order valence-electron chi connectivity index (χ0n) is 12.8. The lowest BCUT2D eigenvalue weighted by Crippen LogP contribution is -2.04. The molecule has 1 rings (SSSR count). The highest BCUT2D eigenvalue weighted by Crippen LogP contribution is 2.33. The molecular formula is C17H27N. The Balaban J connectivity index is 0.00000137. The standard InChI is InChI=1S/C15H21N.C2H6/c1-7-12-10(4)11(5)15(16-6)14(9-3)13(12)8-2;1-2/h8-9,16H,2-3,7H2,1,4-6H3;1-2H3. The van der Waals surface area contributed by atoms with E-state index in [0.717, 1.165) is 12.0 Å². The molecule has 0 saturated heterocycles. The van der Waals surface area contributed by atoms with E-state index in [2.05, 4.69) is 39.2 Å². The minimum Gasteiger partial charge on any atom is -0.387 e. The fourth-order valence-electron chi connectivity index (χ4n) is 2.34. The predicted octanol–water partition coefficient (Wildman–Crippen LogP) is 5.22. The Hall–Kier alpha value is -1.50. The molecule has 0 bridgehead atoms. The van der Waals surface area contributed by atoms with E-state index in [4.69, 9.17) is 0 Å². The minimum atomic E-state index is 1.03. The van der Waals surface area contributed by atoms with E-state index in [1.54, 1.807) is 0 Å². The molecule has 100 valence electrons. The summed E-state index contributed by atoms with van der Waals surface area (Å²) in [6, 6.07) is 0. The van der Waals surface area contributed by atoms with Crippen molar-refractivity contribution in [2.75, 3.05) is 12.4 Å². The minimum absolute atomic E-state index is 1.03. The third-order valence-electron chi connectivity index (χ3n) is 3.29. The lowest BCUT2D eigenvalue weighted by Gasteiger charge is -2.20. The van der Waals surface area contributed by atoms with Crippen LogP contribution in [0, 0.1) is 13.8 Å². The second-order valence-electron chi connectivity index (χ2n) is 3.94. The van der Waals surface area contributed by atoms with Gasteiger partial charge in [-0.15, -0.1) is 0 Å². The molecule has 0 aliphatic rings. The summed E-state index contributed by atoms with van der Waals surface area (Å²) in [7, 11) is 1.95. The Morgan fingerprint density at radius 3 is 1.83 bits per heavy atom. The lowest BCUT2D eigenvalue weighted by molar-refractivity contribution is 1.08. The van der Waals surface area contributed by atoms with E-state index in [1.807, 2.05) is 33.0 Å². The number of anilines is 1. The fraction of sp³-hybridized carbons (Fsp3) is 0.412. The van der Waals surface area contributed by atoms with Gasteiger partial charge in [0.15, 0.2) is 0 Å². The lowest BCUT2D eigenvalue weighted by atomic mass is 9.89. The van der Waals surface area contributed by atoms with Gasteiger partial charge in [-0.05, 0) is 42.5 Å². The zero-order valence-corrected chi connectivity index (χ0v) is 12.8. The van der Waals surface area contributed by atoms with Crippen molar-refractivity contribution in [2.24, 2.45) is 0 Å². The van der Waals surface area contributed by atoms with Crippen LogP contribution in [0.1, 0.15) is 48.6 Å². The second-order valence-corrected chi connectivity index (χ2v) is 3.94. The summed E-state index contributed by atoms with van der Waals surface area (Å²) in [5.74, 6) is 0. The third-order valence-corrected chi connectivity index (χ3v) is 3.29. The first-order chi connectivity index (χ1) is 8.62. The van der Waals surface area contributed by atoms with E-state index >= 15 is 0 Å². The van der Waals surface area contributed by atoms with Gasteiger partial charge >= 0.3 is 0 Å². The third kappa shape index (κ3) is 2.84. The Labute approximate surface area is 113 Å². The summed E-state index contributed by atoms with van der Waals surface area (Å²) in [5.41, 5.74) is 7.58. The van der Waals surface area contributed by atoms with Gasteiger partial charge in [-0.25, -0.2) is 0 Å². The number of nitrogens with one attached hydrogen (secondary N) is 1. The second kappa shape index (κ2) is 7.75. The molecule has 0 heterocycles. The highest BCUT2D eigenvalue weighted by molar-refractivity contribution is 5.80. The molecule has 0 amide bonds. The molecule has 1 nitrogen and oxygen atoms in total. The number of hydrogen-bond donors (Lipinski definition) is 1. The van der Waals surface area contributed by atoms with Crippen LogP contribution in [0.25, 0.3) is 12.2 Å². The van der Waals surface area contributed by atoms with Crippen LogP contribution in [-0.4, -0.2) is 7.05 Å². The molecule has 0 radical (unpaired) electrons. The van der Waals surface area contributed by atoms with Crippen LogP contribution in [0.2, 0.25) is 0 Å². The van der Waals surface area contributed by atoms with Crippen molar-refractivity contribution in [3.8, 4) is 0 Å². The Morgan fingerprint density at radius 2 is 1.50 bits per heavy atom. The summed E-state index contributed by atoms with van der Waals surface area (Å²) >= 11 is 0. The largest absolute Gasteiger partial charge is 0.387 e. The first-order valence-corrected chi connectivity index (χ1v) is 6.70. The summed E-state index contributed by atoms with van der Waals surface area (Å²) in [6.45, 7) is 18.3. The fourth-order valence-corrected chi connectivity index (χ4v) is 2.34. The first-order valence-electron chi connectivity index (χ1n) is 6.70. The molecule has 1 heteroatoms. The van der Waals surface area contributed by atoms with Crippen molar-refractivity contribution in [3.05, 3.63) is 41.0 Å². The van der Waals surface area contributed by atoms with E-state index in [1.165, 1.54) is 27.9 Å². The van der Waals surface area contributed by atoms with Crippen molar-refractivity contribution < 1.29 is 0 Å². The van der Waals surface area contributed by atoms with Gasteiger partial charge in [0, 0.05) is 18.3 Å². The van der Waals surface area contributed by atoms with Gasteiger partial charge in [0.05, 0.1) is 0 Å². The Morgan fingerprint density at radius 1 is 1.00 bits per heavy atom. The van der Waals surface area contributed by atoms with Crippen LogP contribution in [-0.2, 0) is 6.42 Å². The zero-order chi connectivity index (χ0) is 14.3. The van der Waals surface area contributed by atoms with Crippen LogP contribution in [0.5, 0.6) is 0 Å². The van der Waals surface area contributed by atoms with E-state index < -0.39 is 0 Å². The van der Waals surface area contributed by atoms with Crippen LogP contribution in [0.4, 0.5) is 5.69 Å². The molecule has 1 aromatic rings. The first kappa shape index (κ1) is 16.5. The molecule has 0 aromatic heterocycles. The van der Waals surface area contributed by atoms with Crippen molar-refractivity contribution >= 4 is 17.8 Å². The van der Waals surface area contributed by atoms with E-state index in [0.29, 0.717) is 0 Å². The van der Waals surface area contributed by atoms with Crippen molar-refractivity contribution in [2.45, 2.75) is 41.0 Å². The maximum atomic E-state index is 3.92. The SMILES string of the molecule is C=Cc1c(C=C)c(NC)c(C)c(C)c1CC.CC. The average molecular weight is 245 g/mol. The van der Waals surface area contributed by atoms with Gasteiger partial charge in [0.25, 0.3) is 0 Å². The highest BCUT2D eigenvalue weighted by Gasteiger charge is 2.14. The molecular weight excluding hydrogens is 218 g/mol. The normalized spacial score (nSPS) is 9.22. The summed E-state index contributed by atoms with van der Waals surface area (Å²) in [5, 5.41) is 3.26. The highest BCUT2D eigenvalue weighted by atomic mass is 14.8. The van der Waals surface area contributed by atoms with Gasteiger partial charge in [-0.3, -0.25) is 0 Å². The van der Waals surface area contributed by atoms with Crippen molar-refractivity contribution in [1.29, 1.82) is 0 Å². The monoisotopic (exact) mass is 245 g/mol. The molecule has 0 fully saturated rings. The summed E-state index contributed by atoms with van der Waals surface area (Å²) in [4.78, 5) is 0. The van der Waals surface area contributed by atoms with Crippen LogP contribution in [0.3, 0.4) is 0 Å². The van der Waals surface area contributed by atoms with Gasteiger partial charge in [0.2, 0.25) is 0 Å². The molecule has 0 aliphatic heterocycles. The molecule has 1 N–H and O–H groups in total. The number of benzene rings is 1. The average Bonchev–Trinajstić information content (AvgIpc) is 2.42. The maximum absolute atomic E-state index is 3.92. The molecule has 0 spiro atoms. The molecule has 0 aliphatic carbocycles. The molecule has 1 aromatic carbocycles. The molecule has 0 unspecified atom stereocenters. The van der Waals surface area contributed by atoms with Crippen molar-refractivity contribution in [1.82, 2.24) is 0 Å². The molecule has 18 heavy (non-hydrogen) atoms. The maximum Gasteiger partial charge on any atom is 0.0449 e. The van der Waals surface area contributed by atoms with E-state index in [9.17, 15) is 0 Å². The Kier molecular flexibility index (Phi) is 7.11. The molecule has 0 atom stereocenters. The topological polar surface area (TPSA) is 12.0 Å². The predicted molar refractivity (Wildman–Crippen MR) is 86.4 cm³/mol. The summed E-state index contributed by atoms with van der Waals surface area (Å²) in [6.07, 6.45) is 4.87. The van der Waals surface area contributed by atoms with Crippen LogP contribution < -0.4 is 5.32 Å². The van der Waals surface area contributed by atoms with E-state index in [-0.39, 0.29) is 0 Å². The van der Waals surface area contributed by atoms with Gasteiger partial charge in [-0.1, -0.05) is 46.1 Å². The van der Waals surface area contributed by atoms with Gasteiger partial charge in [-0.2, -0.15) is 0 Å². The number of hydrogen-bond acceptors (Lipinski definition) is 1.